The van der Waals surface area contributed by atoms with Crippen molar-refractivity contribution in [1.29, 1.82) is 0 Å². The van der Waals surface area contributed by atoms with E-state index in [1.54, 1.807) is 24.8 Å². The first-order chi connectivity index (χ1) is 17.5. The molecule has 2 aliphatic rings. The molecule has 4 aromatic rings. The molecule has 0 saturated carbocycles. The Morgan fingerprint density at radius 2 is 1.94 bits per heavy atom. The van der Waals surface area contributed by atoms with Gasteiger partial charge in [0.1, 0.15) is 18.1 Å². The lowest BCUT2D eigenvalue weighted by molar-refractivity contribution is -0.138. The molecule has 2 aliphatic heterocycles. The number of carbonyl (C=O) groups excluding carboxylic acids is 2. The van der Waals surface area contributed by atoms with Crippen LogP contribution in [0.1, 0.15) is 54.6 Å². The molecule has 0 aliphatic carbocycles. The number of nitrogens with two attached hydrogens (primary N) is 1. The number of piperidine rings is 1. The zero-order valence-electron chi connectivity index (χ0n) is 19.8. The first kappa shape index (κ1) is 22.4. The number of nitrogen functional groups attached to an aromatic ring is 1. The normalized spacial score (nSPS) is 21.3. The van der Waals surface area contributed by atoms with Crippen molar-refractivity contribution >= 4 is 23.2 Å². The number of H-pyrrole nitrogens is 1. The summed E-state index contributed by atoms with van der Waals surface area (Å²) >= 11 is 0. The molecular weight excluding hydrogens is 460 g/mol. The van der Waals surface area contributed by atoms with Gasteiger partial charge in [-0.05, 0) is 38.7 Å². The average molecular weight is 487 g/mol. The van der Waals surface area contributed by atoms with Crippen LogP contribution in [0.4, 0.5) is 5.82 Å². The van der Waals surface area contributed by atoms with Gasteiger partial charge in [-0.2, -0.15) is 9.61 Å². The summed E-state index contributed by atoms with van der Waals surface area (Å²) in [6.07, 6.45) is 9.95. The number of aromatic nitrogens is 6. The maximum absolute atomic E-state index is 12.7. The van der Waals surface area contributed by atoms with E-state index in [-0.39, 0.29) is 35.5 Å². The van der Waals surface area contributed by atoms with Gasteiger partial charge in [0.2, 0.25) is 5.91 Å². The standard InChI is InChI=1S/C25H26N8O3/c1-13(35)21-22(15-8-16-3-4-17(9-15)32(16)20(36)12-34)31-25-18(11-30-33(25)23(21)26)14-2-5-19(29-10-14)24-27-6-7-28-24/h2,5-7,10-11,15-17,34H,3-4,8-9,12,26H2,1H3,(H,27,28)/t15-,16-,17+. The van der Waals surface area contributed by atoms with Crippen molar-refractivity contribution in [3.8, 4) is 22.6 Å². The zero-order valence-corrected chi connectivity index (χ0v) is 19.8. The summed E-state index contributed by atoms with van der Waals surface area (Å²) < 4.78 is 1.51. The first-order valence-corrected chi connectivity index (χ1v) is 12.0. The third-order valence-electron chi connectivity index (χ3n) is 7.42. The number of Topliss-reactive ketones (excluding diaryl/α,β-unsaturated/α-hetero) is 1. The number of hydrogen-bond donors (Lipinski definition) is 3. The minimum atomic E-state index is -0.487. The van der Waals surface area contributed by atoms with Gasteiger partial charge in [-0.3, -0.25) is 14.6 Å². The largest absolute Gasteiger partial charge is 0.387 e. The van der Waals surface area contributed by atoms with Gasteiger partial charge in [-0.25, -0.2) is 9.97 Å². The molecule has 36 heavy (non-hydrogen) atoms. The van der Waals surface area contributed by atoms with Gasteiger partial charge in [0, 0.05) is 47.7 Å². The van der Waals surface area contributed by atoms with E-state index in [2.05, 4.69) is 20.1 Å². The van der Waals surface area contributed by atoms with Crippen LogP contribution in [-0.4, -0.2) is 69.9 Å². The van der Waals surface area contributed by atoms with Crippen LogP contribution in [0.15, 0.2) is 36.9 Å². The second-order valence-corrected chi connectivity index (χ2v) is 9.49. The molecule has 6 rings (SSSR count). The molecule has 3 atom stereocenters. The van der Waals surface area contributed by atoms with Gasteiger partial charge in [0.05, 0.1) is 17.5 Å². The summed E-state index contributed by atoms with van der Waals surface area (Å²) in [5.74, 6) is 0.505. The quantitative estimate of drug-likeness (QED) is 0.363. The Morgan fingerprint density at radius 1 is 1.17 bits per heavy atom. The molecule has 0 aromatic carbocycles. The first-order valence-electron chi connectivity index (χ1n) is 12.0. The predicted molar refractivity (Wildman–Crippen MR) is 131 cm³/mol. The highest BCUT2D eigenvalue weighted by atomic mass is 16.3. The van der Waals surface area contributed by atoms with Crippen molar-refractivity contribution in [3.63, 3.8) is 0 Å². The SMILES string of the molecule is CC(=O)c1c([C@@H]2C[C@H]3CC[C@@H](C2)N3C(=O)CO)nc2c(-c3ccc(-c4ncc[nH]4)nc3)cnn2c1N. The number of aliphatic hydroxyl groups is 1. The van der Waals surface area contributed by atoms with Crippen molar-refractivity contribution in [2.24, 2.45) is 0 Å². The molecule has 0 spiro atoms. The average Bonchev–Trinajstić information content (AvgIpc) is 3.62. The molecule has 2 fully saturated rings. The Bertz CT molecular complexity index is 1450. The Morgan fingerprint density at radius 3 is 2.56 bits per heavy atom. The van der Waals surface area contributed by atoms with E-state index >= 15 is 0 Å². The van der Waals surface area contributed by atoms with Crippen LogP contribution in [0.25, 0.3) is 28.3 Å². The Kier molecular flexibility index (Phi) is 5.29. The number of carbonyl (C=O) groups is 2. The number of hydrogen-bond acceptors (Lipinski definition) is 8. The minimum absolute atomic E-state index is 0.0233. The Balaban J connectivity index is 1.42. The number of fused-ring (bicyclic) bond motifs is 3. The molecule has 11 nitrogen and oxygen atoms in total. The maximum atomic E-state index is 12.7. The fraction of sp³-hybridized carbons (Fsp3) is 0.360. The number of amides is 1. The summed E-state index contributed by atoms with van der Waals surface area (Å²) in [6.45, 7) is 1.00. The maximum Gasteiger partial charge on any atom is 0.248 e. The van der Waals surface area contributed by atoms with E-state index < -0.39 is 6.61 Å². The number of aliphatic hydroxyl groups excluding tert-OH is 1. The third kappa shape index (κ3) is 3.46. The topological polar surface area (TPSA) is 155 Å². The number of pyridine rings is 1. The van der Waals surface area contributed by atoms with Crippen LogP contribution in [0.5, 0.6) is 0 Å². The van der Waals surface area contributed by atoms with Gasteiger partial charge < -0.3 is 20.7 Å². The summed E-state index contributed by atoms with van der Waals surface area (Å²) in [4.78, 5) is 43.6. The molecule has 2 saturated heterocycles. The van der Waals surface area contributed by atoms with Crippen LogP contribution in [0.2, 0.25) is 0 Å². The summed E-state index contributed by atoms with van der Waals surface area (Å²) in [5, 5.41) is 13.8. The molecule has 2 bridgehead atoms. The van der Waals surface area contributed by atoms with Crippen molar-refractivity contribution in [3.05, 3.63) is 48.2 Å². The van der Waals surface area contributed by atoms with Crippen LogP contribution in [0, 0.1) is 0 Å². The lowest BCUT2D eigenvalue weighted by Crippen LogP contribution is -2.47. The number of nitrogens with one attached hydrogen (secondary N) is 1. The predicted octanol–water partition coefficient (Wildman–Crippen LogP) is 2.20. The zero-order chi connectivity index (χ0) is 25.0. The Labute approximate surface area is 206 Å². The highest BCUT2D eigenvalue weighted by Gasteiger charge is 2.44. The van der Waals surface area contributed by atoms with E-state index in [1.165, 1.54) is 11.4 Å². The molecule has 11 heteroatoms. The number of anilines is 1. The van der Waals surface area contributed by atoms with E-state index in [4.69, 9.17) is 10.7 Å². The molecule has 0 radical (unpaired) electrons. The summed E-state index contributed by atoms with van der Waals surface area (Å²) in [5.41, 5.74) is 10.4. The molecule has 4 N–H and O–H groups in total. The van der Waals surface area contributed by atoms with Gasteiger partial charge in [0.15, 0.2) is 17.3 Å². The highest BCUT2D eigenvalue weighted by Crippen LogP contribution is 2.44. The highest BCUT2D eigenvalue weighted by molar-refractivity contribution is 6.00. The van der Waals surface area contributed by atoms with Crippen molar-refractivity contribution < 1.29 is 14.7 Å². The number of ketones is 1. The van der Waals surface area contributed by atoms with E-state index in [1.807, 2.05) is 17.0 Å². The van der Waals surface area contributed by atoms with E-state index in [0.29, 0.717) is 41.3 Å². The Hall–Kier alpha value is -4.12. The number of imidazole rings is 1. The smallest absolute Gasteiger partial charge is 0.248 e. The monoisotopic (exact) mass is 486 g/mol. The van der Waals surface area contributed by atoms with Crippen molar-refractivity contribution in [2.45, 2.75) is 50.6 Å². The van der Waals surface area contributed by atoms with Gasteiger partial charge in [-0.1, -0.05) is 6.07 Å². The van der Waals surface area contributed by atoms with E-state index in [9.17, 15) is 14.7 Å². The van der Waals surface area contributed by atoms with Crippen molar-refractivity contribution in [1.82, 2.24) is 34.4 Å². The van der Waals surface area contributed by atoms with Crippen molar-refractivity contribution in [2.75, 3.05) is 12.3 Å². The number of rotatable bonds is 5. The molecule has 4 aromatic heterocycles. The summed E-state index contributed by atoms with van der Waals surface area (Å²) in [6, 6.07) is 3.85. The number of aromatic amines is 1. The van der Waals surface area contributed by atoms with Crippen LogP contribution in [-0.2, 0) is 4.79 Å². The van der Waals surface area contributed by atoms with Crippen LogP contribution >= 0.6 is 0 Å². The molecular formula is C25H26N8O3. The molecule has 1 amide bonds. The second kappa shape index (κ2) is 8.52. The van der Waals surface area contributed by atoms with Gasteiger partial charge in [0.25, 0.3) is 0 Å². The lowest BCUT2D eigenvalue weighted by atomic mass is 9.85. The fourth-order valence-corrected chi connectivity index (χ4v) is 5.88. The van der Waals surface area contributed by atoms with Gasteiger partial charge >= 0.3 is 0 Å². The van der Waals surface area contributed by atoms with Crippen LogP contribution in [0.3, 0.4) is 0 Å². The minimum Gasteiger partial charge on any atom is -0.387 e. The third-order valence-corrected chi connectivity index (χ3v) is 7.42. The lowest BCUT2D eigenvalue weighted by Gasteiger charge is -2.39. The van der Waals surface area contributed by atoms with E-state index in [0.717, 1.165) is 24.0 Å². The van der Waals surface area contributed by atoms with Crippen LogP contribution < -0.4 is 5.73 Å². The van der Waals surface area contributed by atoms with Gasteiger partial charge in [-0.15, -0.1) is 0 Å². The molecule has 184 valence electrons. The molecule has 0 unspecified atom stereocenters. The fourth-order valence-electron chi connectivity index (χ4n) is 5.88. The number of nitrogens with zero attached hydrogens (tertiary/aromatic N) is 6. The second-order valence-electron chi connectivity index (χ2n) is 9.49. The summed E-state index contributed by atoms with van der Waals surface area (Å²) in [7, 11) is 0. The molecule has 6 heterocycles.